The maximum absolute atomic E-state index is 9.73. The van der Waals surface area contributed by atoms with Crippen molar-refractivity contribution in [3.05, 3.63) is 36.3 Å². The van der Waals surface area contributed by atoms with Crippen LogP contribution in [0.1, 0.15) is 25.8 Å². The lowest BCUT2D eigenvalue weighted by atomic mass is 10.2. The number of fused-ring (bicyclic) bond motifs is 1. The van der Waals surface area contributed by atoms with Crippen molar-refractivity contribution < 1.29 is 5.11 Å². The Morgan fingerprint density at radius 3 is 2.73 bits per heavy atom. The van der Waals surface area contributed by atoms with Gasteiger partial charge < -0.3 is 15.3 Å². The van der Waals surface area contributed by atoms with Gasteiger partial charge in [-0.25, -0.2) is 9.97 Å². The molecule has 138 valence electrons. The highest BCUT2D eigenvalue weighted by atomic mass is 16.3. The van der Waals surface area contributed by atoms with Crippen LogP contribution in [0, 0.1) is 6.92 Å². The molecule has 0 unspecified atom stereocenters. The molecular weight excluding hydrogens is 328 g/mol. The van der Waals surface area contributed by atoms with Gasteiger partial charge in [-0.2, -0.15) is 4.98 Å². The summed E-state index contributed by atoms with van der Waals surface area (Å²) in [6.45, 7) is 10.3. The van der Waals surface area contributed by atoms with Crippen molar-refractivity contribution >= 4 is 17.1 Å². The van der Waals surface area contributed by atoms with Crippen LogP contribution in [-0.4, -0.2) is 55.7 Å². The Balaban J connectivity index is 1.74. The van der Waals surface area contributed by atoms with E-state index in [2.05, 4.69) is 39.0 Å². The quantitative estimate of drug-likeness (QED) is 0.606. The van der Waals surface area contributed by atoms with Crippen LogP contribution in [0.3, 0.4) is 0 Å². The van der Waals surface area contributed by atoms with Gasteiger partial charge in [0, 0.05) is 12.2 Å². The first-order valence-corrected chi connectivity index (χ1v) is 9.08. The third kappa shape index (κ3) is 3.94. The lowest BCUT2D eigenvalue weighted by Gasteiger charge is -2.17. The Labute approximate surface area is 153 Å². The lowest BCUT2D eigenvalue weighted by Crippen LogP contribution is -2.25. The molecule has 0 aliphatic carbocycles. The zero-order valence-corrected chi connectivity index (χ0v) is 15.6. The van der Waals surface area contributed by atoms with E-state index in [0.717, 1.165) is 55.0 Å². The van der Waals surface area contributed by atoms with E-state index < -0.39 is 0 Å². The van der Waals surface area contributed by atoms with Crippen molar-refractivity contribution in [2.75, 3.05) is 31.5 Å². The highest BCUT2D eigenvalue weighted by Crippen LogP contribution is 2.22. The fourth-order valence-corrected chi connectivity index (χ4v) is 2.92. The number of rotatable bonds is 8. The smallest absolute Gasteiger partial charge is 0.224 e. The molecule has 1 aromatic carbocycles. The zero-order valence-electron chi connectivity index (χ0n) is 15.6. The molecule has 0 aliphatic heterocycles. The highest BCUT2D eigenvalue weighted by Gasteiger charge is 2.09. The Kier molecular flexibility index (Phi) is 5.68. The Morgan fingerprint density at radius 2 is 2.00 bits per heavy atom. The molecule has 0 saturated carbocycles. The van der Waals surface area contributed by atoms with Gasteiger partial charge in [0.05, 0.1) is 6.20 Å². The Bertz CT molecular complexity index is 872. The van der Waals surface area contributed by atoms with Crippen LogP contribution < -0.4 is 5.32 Å². The van der Waals surface area contributed by atoms with Crippen LogP contribution in [0.4, 0.5) is 5.95 Å². The number of hydrogen-bond acceptors (Lipinski definition) is 6. The second-order valence-corrected chi connectivity index (χ2v) is 6.30. The molecule has 0 radical (unpaired) electrons. The predicted molar refractivity (Wildman–Crippen MR) is 104 cm³/mol. The lowest BCUT2D eigenvalue weighted by molar-refractivity contribution is 0.303. The second kappa shape index (κ2) is 8.14. The molecule has 2 aromatic heterocycles. The first kappa shape index (κ1) is 18.1. The summed E-state index contributed by atoms with van der Waals surface area (Å²) in [7, 11) is 0. The molecule has 2 heterocycles. The van der Waals surface area contributed by atoms with Crippen LogP contribution in [0.15, 0.2) is 30.7 Å². The molecule has 0 saturated heterocycles. The summed E-state index contributed by atoms with van der Waals surface area (Å²) in [5.41, 5.74) is 3.21. The first-order chi connectivity index (χ1) is 12.6. The predicted octanol–water partition coefficient (Wildman–Crippen LogP) is 2.97. The molecule has 26 heavy (non-hydrogen) atoms. The van der Waals surface area contributed by atoms with E-state index in [1.54, 1.807) is 18.6 Å². The van der Waals surface area contributed by atoms with Gasteiger partial charge in [0.1, 0.15) is 17.6 Å². The summed E-state index contributed by atoms with van der Waals surface area (Å²) in [6.07, 6.45) is 4.51. The van der Waals surface area contributed by atoms with Gasteiger partial charge in [0.15, 0.2) is 5.65 Å². The van der Waals surface area contributed by atoms with Gasteiger partial charge in [-0.05, 0) is 56.7 Å². The maximum atomic E-state index is 9.73. The van der Waals surface area contributed by atoms with Crippen molar-refractivity contribution in [2.24, 2.45) is 0 Å². The fraction of sp³-hybridized carbons (Fsp3) is 0.421. The molecule has 0 atom stereocenters. The zero-order chi connectivity index (χ0) is 18.5. The van der Waals surface area contributed by atoms with Crippen LogP contribution in [0.2, 0.25) is 0 Å². The van der Waals surface area contributed by atoms with Gasteiger partial charge in [0.25, 0.3) is 0 Å². The molecule has 2 N–H and O–H groups in total. The standard InChI is InChI=1S/C19H26N6O/c1-4-24(5-2)10-6-9-20-19-21-12-16-18(23-19)25(13-22-16)15-7-8-17(26)14(3)11-15/h7-8,11-13,26H,4-6,9-10H2,1-3H3,(H,20,21,23). The van der Waals surface area contributed by atoms with Crippen LogP contribution in [0.25, 0.3) is 16.9 Å². The van der Waals surface area contributed by atoms with E-state index >= 15 is 0 Å². The van der Waals surface area contributed by atoms with Crippen LogP contribution in [-0.2, 0) is 0 Å². The molecule has 3 aromatic rings. The minimum atomic E-state index is 0.281. The minimum absolute atomic E-state index is 0.281. The van der Waals surface area contributed by atoms with Crippen LogP contribution >= 0.6 is 0 Å². The third-order valence-corrected chi connectivity index (χ3v) is 4.58. The highest BCUT2D eigenvalue weighted by molar-refractivity contribution is 5.73. The fourth-order valence-electron chi connectivity index (χ4n) is 2.92. The molecule has 0 fully saturated rings. The second-order valence-electron chi connectivity index (χ2n) is 6.30. The number of nitrogens with one attached hydrogen (secondary N) is 1. The van der Waals surface area contributed by atoms with Crippen molar-refractivity contribution in [1.82, 2.24) is 24.4 Å². The summed E-state index contributed by atoms with van der Waals surface area (Å²) in [4.78, 5) is 15.7. The number of phenols is 1. The van der Waals surface area contributed by atoms with Gasteiger partial charge in [-0.3, -0.25) is 4.57 Å². The van der Waals surface area contributed by atoms with E-state index in [9.17, 15) is 5.11 Å². The number of aryl methyl sites for hydroxylation is 1. The minimum Gasteiger partial charge on any atom is -0.508 e. The summed E-state index contributed by atoms with van der Waals surface area (Å²) in [6, 6.07) is 5.45. The van der Waals surface area contributed by atoms with Gasteiger partial charge >= 0.3 is 0 Å². The monoisotopic (exact) mass is 354 g/mol. The molecule has 0 aliphatic rings. The Hall–Kier alpha value is -2.67. The van der Waals surface area contributed by atoms with Crippen molar-refractivity contribution in [1.29, 1.82) is 0 Å². The normalized spacial score (nSPS) is 11.4. The summed E-state index contributed by atoms with van der Waals surface area (Å²) in [5.74, 6) is 0.887. The number of aromatic hydroxyl groups is 1. The van der Waals surface area contributed by atoms with E-state index in [0.29, 0.717) is 5.95 Å². The summed E-state index contributed by atoms with van der Waals surface area (Å²) < 4.78 is 1.91. The summed E-state index contributed by atoms with van der Waals surface area (Å²) in [5, 5.41) is 13.0. The molecule has 3 rings (SSSR count). The van der Waals surface area contributed by atoms with Crippen molar-refractivity contribution in [2.45, 2.75) is 27.2 Å². The van der Waals surface area contributed by atoms with Gasteiger partial charge in [0.2, 0.25) is 5.95 Å². The van der Waals surface area contributed by atoms with E-state index in [1.807, 2.05) is 23.6 Å². The number of imidazole rings is 1. The molecule has 7 nitrogen and oxygen atoms in total. The maximum Gasteiger partial charge on any atom is 0.224 e. The molecule has 0 amide bonds. The van der Waals surface area contributed by atoms with Crippen molar-refractivity contribution in [3.63, 3.8) is 0 Å². The summed E-state index contributed by atoms with van der Waals surface area (Å²) >= 11 is 0. The average molecular weight is 354 g/mol. The van der Waals surface area contributed by atoms with Gasteiger partial charge in [-0.15, -0.1) is 0 Å². The topological polar surface area (TPSA) is 79.1 Å². The number of phenolic OH excluding ortho intramolecular Hbond substituents is 1. The van der Waals surface area contributed by atoms with Gasteiger partial charge in [-0.1, -0.05) is 13.8 Å². The Morgan fingerprint density at radius 1 is 1.19 bits per heavy atom. The van der Waals surface area contributed by atoms with E-state index in [1.165, 1.54) is 0 Å². The van der Waals surface area contributed by atoms with E-state index in [-0.39, 0.29) is 5.75 Å². The number of benzene rings is 1. The molecule has 0 bridgehead atoms. The number of anilines is 1. The van der Waals surface area contributed by atoms with Crippen LogP contribution in [0.5, 0.6) is 5.75 Å². The average Bonchev–Trinajstić information content (AvgIpc) is 3.07. The molecule has 7 heteroatoms. The largest absolute Gasteiger partial charge is 0.508 e. The third-order valence-electron chi connectivity index (χ3n) is 4.58. The molecular formula is C19H26N6O. The number of aromatic nitrogens is 4. The number of nitrogens with zero attached hydrogens (tertiary/aromatic N) is 5. The van der Waals surface area contributed by atoms with Crippen molar-refractivity contribution in [3.8, 4) is 11.4 Å². The first-order valence-electron chi connectivity index (χ1n) is 9.08. The molecule has 0 spiro atoms. The number of hydrogen-bond donors (Lipinski definition) is 2. The van der Waals surface area contributed by atoms with E-state index in [4.69, 9.17) is 0 Å². The SMILES string of the molecule is CCN(CC)CCCNc1ncc2ncn(-c3ccc(O)c(C)c3)c2n1.